The predicted molar refractivity (Wildman–Crippen MR) is 61.5 cm³/mol. The molecule has 5 atom stereocenters. The quantitative estimate of drug-likeness (QED) is 0.560. The number of ether oxygens (including phenoxy) is 2. The minimum atomic E-state index is -0.916. The summed E-state index contributed by atoms with van der Waals surface area (Å²) in [6.45, 7) is 0.114. The number of fused-ring (bicyclic) bond motifs is 1. The molecule has 2 saturated heterocycles. The third-order valence-corrected chi connectivity index (χ3v) is 3.46. The van der Waals surface area contributed by atoms with Gasteiger partial charge in [0.15, 0.2) is 6.29 Å². The van der Waals surface area contributed by atoms with Crippen molar-refractivity contribution in [3.8, 4) is 0 Å². The first-order chi connectivity index (χ1) is 9.04. The molecule has 2 aliphatic rings. The van der Waals surface area contributed by atoms with Crippen molar-refractivity contribution in [3.63, 3.8) is 0 Å². The number of rotatable bonds is 2. The zero-order valence-electron chi connectivity index (χ0n) is 9.93. The molecule has 0 bridgehead atoms. The zero-order chi connectivity index (χ0) is 13.6. The van der Waals surface area contributed by atoms with Crippen LogP contribution >= 0.6 is 0 Å². The molecule has 0 amide bonds. The molecular formula is C11H14N2O6. The van der Waals surface area contributed by atoms with Gasteiger partial charge in [0.1, 0.15) is 18.3 Å². The van der Waals surface area contributed by atoms with E-state index in [1.165, 1.54) is 16.8 Å². The van der Waals surface area contributed by atoms with E-state index in [1.807, 2.05) is 0 Å². The van der Waals surface area contributed by atoms with Crippen LogP contribution in [-0.2, 0) is 16.0 Å². The van der Waals surface area contributed by atoms with E-state index < -0.39 is 35.9 Å². The van der Waals surface area contributed by atoms with Crippen molar-refractivity contribution in [2.75, 3.05) is 0 Å². The fourth-order valence-corrected chi connectivity index (χ4v) is 2.54. The summed E-state index contributed by atoms with van der Waals surface area (Å²) in [5, 5.41) is 19.3. The maximum absolute atomic E-state index is 11.5. The highest BCUT2D eigenvalue weighted by atomic mass is 16.7. The van der Waals surface area contributed by atoms with Crippen LogP contribution in [0.1, 0.15) is 6.42 Å². The summed E-state index contributed by atoms with van der Waals surface area (Å²) < 4.78 is 12.0. The standard InChI is InChI=1S/C11H14N2O6/c14-7-1-2-13(11(17)12-7)4-6-9(16)10-5(18-6)3-8(15)19-10/h1-2,5-6,8-10,15-16H,3-4H2,(H,12,14,17)/t5-,6+,8?,9-,10+/m1/s1. The van der Waals surface area contributed by atoms with Crippen molar-refractivity contribution in [3.05, 3.63) is 33.1 Å². The number of H-pyrrole nitrogens is 1. The molecule has 0 radical (unpaired) electrons. The molecule has 3 N–H and O–H groups in total. The summed E-state index contributed by atoms with van der Waals surface area (Å²) in [6.07, 6.45) is -1.72. The normalized spacial score (nSPS) is 37.5. The number of hydrogen-bond acceptors (Lipinski definition) is 6. The smallest absolute Gasteiger partial charge is 0.328 e. The first-order valence-corrected chi connectivity index (χ1v) is 6.01. The van der Waals surface area contributed by atoms with Crippen LogP contribution in [0.25, 0.3) is 0 Å². The lowest BCUT2D eigenvalue weighted by Gasteiger charge is -2.18. The van der Waals surface area contributed by atoms with Gasteiger partial charge in [0.05, 0.1) is 12.6 Å². The van der Waals surface area contributed by atoms with E-state index in [0.717, 1.165) is 0 Å². The topological polar surface area (TPSA) is 114 Å². The van der Waals surface area contributed by atoms with Crippen LogP contribution in [0.2, 0.25) is 0 Å². The summed E-state index contributed by atoms with van der Waals surface area (Å²) in [5.74, 6) is 0. The number of nitrogens with one attached hydrogen (secondary N) is 1. The Bertz CT molecular complexity index is 581. The second-order valence-electron chi connectivity index (χ2n) is 4.76. The van der Waals surface area contributed by atoms with Crippen LogP contribution in [0.3, 0.4) is 0 Å². The van der Waals surface area contributed by atoms with E-state index in [-0.39, 0.29) is 12.6 Å². The van der Waals surface area contributed by atoms with Gasteiger partial charge in [0, 0.05) is 18.7 Å². The Hall–Kier alpha value is -1.48. The summed E-state index contributed by atoms with van der Waals surface area (Å²) in [7, 11) is 0. The Kier molecular flexibility index (Phi) is 3.02. The number of aliphatic hydroxyl groups is 2. The van der Waals surface area contributed by atoms with Gasteiger partial charge in [-0.05, 0) is 0 Å². The van der Waals surface area contributed by atoms with Crippen molar-refractivity contribution >= 4 is 0 Å². The lowest BCUT2D eigenvalue weighted by atomic mass is 10.1. The Labute approximate surface area is 107 Å². The van der Waals surface area contributed by atoms with Crippen molar-refractivity contribution in [1.82, 2.24) is 9.55 Å². The molecular weight excluding hydrogens is 256 g/mol. The maximum atomic E-state index is 11.5. The van der Waals surface area contributed by atoms with Gasteiger partial charge in [-0.3, -0.25) is 14.3 Å². The molecule has 0 spiro atoms. The molecule has 0 aromatic carbocycles. The van der Waals surface area contributed by atoms with Crippen LogP contribution in [0.4, 0.5) is 0 Å². The fraction of sp³-hybridized carbons (Fsp3) is 0.636. The number of aliphatic hydroxyl groups excluding tert-OH is 2. The second kappa shape index (κ2) is 4.57. The van der Waals surface area contributed by atoms with Gasteiger partial charge in [-0.25, -0.2) is 4.79 Å². The SMILES string of the molecule is O=c1ccn(C[C@@H]2O[C@@H]3CC(O)O[C@@H]3[C@@H]2O)c(=O)[nH]1. The third kappa shape index (κ3) is 2.23. The minimum absolute atomic E-state index is 0.114. The molecule has 2 aliphatic heterocycles. The summed E-state index contributed by atoms with van der Waals surface area (Å²) in [6, 6.07) is 1.23. The molecule has 1 aromatic rings. The third-order valence-electron chi connectivity index (χ3n) is 3.46. The van der Waals surface area contributed by atoms with Gasteiger partial charge in [-0.15, -0.1) is 0 Å². The monoisotopic (exact) mass is 270 g/mol. The average Bonchev–Trinajstić information content (AvgIpc) is 2.83. The molecule has 1 unspecified atom stereocenters. The summed E-state index contributed by atoms with van der Waals surface area (Å²) in [5.41, 5.74) is -1.03. The van der Waals surface area contributed by atoms with E-state index in [2.05, 4.69) is 4.98 Å². The average molecular weight is 270 g/mol. The molecule has 0 saturated carbocycles. The Morgan fingerprint density at radius 1 is 1.37 bits per heavy atom. The van der Waals surface area contributed by atoms with Crippen molar-refractivity contribution in [1.29, 1.82) is 0 Å². The van der Waals surface area contributed by atoms with Crippen molar-refractivity contribution in [2.24, 2.45) is 0 Å². The fourth-order valence-electron chi connectivity index (χ4n) is 2.54. The number of hydrogen-bond donors (Lipinski definition) is 3. The molecule has 8 nitrogen and oxygen atoms in total. The first kappa shape index (κ1) is 12.5. The van der Waals surface area contributed by atoms with Gasteiger partial charge in [-0.1, -0.05) is 0 Å². The van der Waals surface area contributed by atoms with Gasteiger partial charge in [0.2, 0.25) is 0 Å². The van der Waals surface area contributed by atoms with E-state index in [1.54, 1.807) is 0 Å². The highest BCUT2D eigenvalue weighted by Gasteiger charge is 2.50. The van der Waals surface area contributed by atoms with Crippen molar-refractivity contribution in [2.45, 2.75) is 43.7 Å². The molecule has 3 heterocycles. The maximum Gasteiger partial charge on any atom is 0.328 e. The van der Waals surface area contributed by atoms with Gasteiger partial charge < -0.3 is 19.7 Å². The van der Waals surface area contributed by atoms with Crippen molar-refractivity contribution < 1.29 is 19.7 Å². The Balaban J connectivity index is 1.75. The van der Waals surface area contributed by atoms with Gasteiger partial charge in [0.25, 0.3) is 5.56 Å². The van der Waals surface area contributed by atoms with E-state index in [0.29, 0.717) is 6.42 Å². The summed E-state index contributed by atoms with van der Waals surface area (Å²) in [4.78, 5) is 24.6. The molecule has 8 heteroatoms. The van der Waals surface area contributed by atoms with E-state index >= 15 is 0 Å². The number of nitrogens with zero attached hydrogens (tertiary/aromatic N) is 1. The first-order valence-electron chi connectivity index (χ1n) is 6.01. The van der Waals surface area contributed by atoms with Gasteiger partial charge in [-0.2, -0.15) is 0 Å². The molecule has 3 rings (SSSR count). The molecule has 19 heavy (non-hydrogen) atoms. The lowest BCUT2D eigenvalue weighted by molar-refractivity contribution is -0.123. The molecule has 104 valence electrons. The zero-order valence-corrected chi connectivity index (χ0v) is 9.93. The van der Waals surface area contributed by atoms with Crippen LogP contribution in [0.5, 0.6) is 0 Å². The Morgan fingerprint density at radius 2 is 2.16 bits per heavy atom. The molecule has 2 fully saturated rings. The van der Waals surface area contributed by atoms with Crippen LogP contribution in [0, 0.1) is 0 Å². The second-order valence-corrected chi connectivity index (χ2v) is 4.76. The van der Waals surface area contributed by atoms with Crippen LogP contribution in [0.15, 0.2) is 21.9 Å². The molecule has 0 aliphatic carbocycles. The summed E-state index contributed by atoms with van der Waals surface area (Å²) >= 11 is 0. The number of aromatic nitrogens is 2. The predicted octanol–water partition coefficient (Wildman–Crippen LogP) is -2.23. The highest BCUT2D eigenvalue weighted by Crippen LogP contribution is 2.33. The van der Waals surface area contributed by atoms with Crippen LogP contribution < -0.4 is 11.2 Å². The van der Waals surface area contributed by atoms with E-state index in [9.17, 15) is 19.8 Å². The van der Waals surface area contributed by atoms with E-state index in [4.69, 9.17) is 9.47 Å². The number of aromatic amines is 1. The Morgan fingerprint density at radius 3 is 2.84 bits per heavy atom. The molecule has 1 aromatic heterocycles. The highest BCUT2D eigenvalue weighted by molar-refractivity contribution is 4.96. The van der Waals surface area contributed by atoms with Gasteiger partial charge >= 0.3 is 5.69 Å². The van der Waals surface area contributed by atoms with Crippen LogP contribution in [-0.4, -0.2) is 50.5 Å². The lowest BCUT2D eigenvalue weighted by Crippen LogP contribution is -2.38. The minimum Gasteiger partial charge on any atom is -0.388 e. The largest absolute Gasteiger partial charge is 0.388 e.